The zero-order valence-corrected chi connectivity index (χ0v) is 7.68. The average Bonchev–Trinajstić information content (AvgIpc) is 2.35. The van der Waals surface area contributed by atoms with E-state index in [1.165, 1.54) is 11.1 Å². The Labute approximate surface area is 73.2 Å². The number of carbonyl (C=O) groups is 1. The van der Waals surface area contributed by atoms with Crippen LogP contribution in [0.1, 0.15) is 33.1 Å². The molecule has 0 N–H and O–H groups in total. The summed E-state index contributed by atoms with van der Waals surface area (Å²) >= 11 is 0. The van der Waals surface area contributed by atoms with Crippen molar-refractivity contribution in [3.63, 3.8) is 0 Å². The number of hydrogen-bond donors (Lipinski definition) is 0. The van der Waals surface area contributed by atoms with E-state index in [1.54, 1.807) is 0 Å². The predicted octanol–water partition coefficient (Wildman–Crippen LogP) is 2.63. The van der Waals surface area contributed by atoms with Crippen molar-refractivity contribution in [2.24, 2.45) is 5.92 Å². The fourth-order valence-electron chi connectivity index (χ4n) is 2.02. The van der Waals surface area contributed by atoms with E-state index in [9.17, 15) is 4.79 Å². The Morgan fingerprint density at radius 1 is 1.42 bits per heavy atom. The molecule has 0 heterocycles. The molecule has 0 aromatic heterocycles. The van der Waals surface area contributed by atoms with Crippen LogP contribution in [-0.2, 0) is 4.79 Å². The molecule has 0 aromatic rings. The lowest BCUT2D eigenvalue weighted by Gasteiger charge is -2.18. The lowest BCUT2D eigenvalue weighted by Crippen LogP contribution is -2.08. The molecule has 0 bridgehead atoms. The molecular formula is C11H14O. The number of allylic oxidation sites excluding steroid dienone is 4. The van der Waals surface area contributed by atoms with Crippen LogP contribution in [0.15, 0.2) is 22.8 Å². The van der Waals surface area contributed by atoms with Crippen molar-refractivity contribution in [1.82, 2.24) is 0 Å². The predicted molar refractivity (Wildman–Crippen MR) is 48.8 cm³/mol. The first-order valence-electron chi connectivity index (χ1n) is 4.62. The molecule has 0 fully saturated rings. The van der Waals surface area contributed by atoms with E-state index >= 15 is 0 Å². The highest BCUT2D eigenvalue weighted by molar-refractivity contribution is 5.99. The van der Waals surface area contributed by atoms with Crippen LogP contribution >= 0.6 is 0 Å². The smallest absolute Gasteiger partial charge is 0.159 e. The Morgan fingerprint density at radius 2 is 2.17 bits per heavy atom. The molecule has 2 aliphatic rings. The number of Topliss-reactive ketones (excluding diaryl/α,β-unsaturated/α-hetero) is 1. The molecule has 0 radical (unpaired) electrons. The summed E-state index contributed by atoms with van der Waals surface area (Å²) in [5.74, 6) is 0.964. The van der Waals surface area contributed by atoms with Crippen LogP contribution in [0.25, 0.3) is 0 Å². The zero-order valence-electron chi connectivity index (χ0n) is 7.68. The van der Waals surface area contributed by atoms with Crippen molar-refractivity contribution in [3.05, 3.63) is 22.8 Å². The van der Waals surface area contributed by atoms with Gasteiger partial charge in [-0.1, -0.05) is 18.6 Å². The molecule has 1 nitrogen and oxygen atoms in total. The summed E-state index contributed by atoms with van der Waals surface area (Å²) in [6.45, 7) is 4.36. The molecular weight excluding hydrogens is 148 g/mol. The van der Waals surface area contributed by atoms with Crippen LogP contribution in [0.2, 0.25) is 0 Å². The van der Waals surface area contributed by atoms with Crippen LogP contribution in [0, 0.1) is 5.92 Å². The minimum atomic E-state index is 0.389. The third-order valence-corrected chi connectivity index (χ3v) is 3.04. The molecule has 2 rings (SSSR count). The third-order valence-electron chi connectivity index (χ3n) is 3.04. The van der Waals surface area contributed by atoms with E-state index in [4.69, 9.17) is 0 Å². The Hall–Kier alpha value is -0.850. The van der Waals surface area contributed by atoms with Gasteiger partial charge in [0.1, 0.15) is 0 Å². The van der Waals surface area contributed by atoms with Crippen LogP contribution < -0.4 is 0 Å². The van der Waals surface area contributed by atoms with Gasteiger partial charge in [-0.15, -0.1) is 0 Å². The summed E-state index contributed by atoms with van der Waals surface area (Å²) < 4.78 is 0. The highest BCUT2D eigenvalue weighted by Gasteiger charge is 2.26. The van der Waals surface area contributed by atoms with Crippen molar-refractivity contribution < 1.29 is 4.79 Å². The topological polar surface area (TPSA) is 17.1 Å². The fourth-order valence-corrected chi connectivity index (χ4v) is 2.02. The van der Waals surface area contributed by atoms with E-state index in [0.29, 0.717) is 11.7 Å². The summed E-state index contributed by atoms with van der Waals surface area (Å²) in [6, 6.07) is 0. The standard InChI is InChI=1S/C11H14O/c1-7-5-9-3-4-11(12)10(9)6-8(7)2/h5,8H,3-4,6H2,1-2H3/t8-/m1/s1. The van der Waals surface area contributed by atoms with Crippen LogP contribution in [0.5, 0.6) is 0 Å². The first-order chi connectivity index (χ1) is 5.68. The maximum absolute atomic E-state index is 11.4. The van der Waals surface area contributed by atoms with Crippen molar-refractivity contribution in [2.75, 3.05) is 0 Å². The van der Waals surface area contributed by atoms with E-state index in [-0.39, 0.29) is 0 Å². The summed E-state index contributed by atoms with van der Waals surface area (Å²) in [7, 11) is 0. The van der Waals surface area contributed by atoms with Gasteiger partial charge in [0.15, 0.2) is 5.78 Å². The first kappa shape index (κ1) is 7.78. The third kappa shape index (κ3) is 1.04. The Balaban J connectivity index is 2.37. The monoisotopic (exact) mass is 162 g/mol. The molecule has 64 valence electrons. The van der Waals surface area contributed by atoms with Crippen molar-refractivity contribution in [3.8, 4) is 0 Å². The highest BCUT2D eigenvalue weighted by atomic mass is 16.1. The maximum Gasteiger partial charge on any atom is 0.159 e. The van der Waals surface area contributed by atoms with Crippen molar-refractivity contribution in [1.29, 1.82) is 0 Å². The second kappa shape index (κ2) is 2.58. The summed E-state index contributed by atoms with van der Waals surface area (Å²) in [4.78, 5) is 11.4. The number of carbonyl (C=O) groups excluding carboxylic acids is 1. The van der Waals surface area contributed by atoms with E-state index < -0.39 is 0 Å². The van der Waals surface area contributed by atoms with Crippen LogP contribution in [0.3, 0.4) is 0 Å². The van der Waals surface area contributed by atoms with Gasteiger partial charge < -0.3 is 0 Å². The quantitative estimate of drug-likeness (QED) is 0.535. The average molecular weight is 162 g/mol. The molecule has 0 saturated carbocycles. The summed E-state index contributed by atoms with van der Waals surface area (Å²) in [5, 5.41) is 0. The van der Waals surface area contributed by atoms with E-state index in [2.05, 4.69) is 19.9 Å². The molecule has 0 spiro atoms. The largest absolute Gasteiger partial charge is 0.295 e. The Morgan fingerprint density at radius 3 is 2.92 bits per heavy atom. The van der Waals surface area contributed by atoms with E-state index in [0.717, 1.165) is 24.8 Å². The molecule has 1 heteroatoms. The molecule has 2 aliphatic carbocycles. The van der Waals surface area contributed by atoms with Gasteiger partial charge in [0.2, 0.25) is 0 Å². The number of rotatable bonds is 0. The number of hydrogen-bond acceptors (Lipinski definition) is 1. The van der Waals surface area contributed by atoms with Gasteiger partial charge >= 0.3 is 0 Å². The van der Waals surface area contributed by atoms with Crippen molar-refractivity contribution >= 4 is 5.78 Å². The molecule has 0 aliphatic heterocycles. The second-order valence-electron chi connectivity index (χ2n) is 3.92. The molecule has 0 unspecified atom stereocenters. The van der Waals surface area contributed by atoms with Gasteiger partial charge in [-0.2, -0.15) is 0 Å². The first-order valence-corrected chi connectivity index (χ1v) is 4.62. The van der Waals surface area contributed by atoms with Crippen LogP contribution in [-0.4, -0.2) is 5.78 Å². The number of ketones is 1. The second-order valence-corrected chi connectivity index (χ2v) is 3.92. The SMILES string of the molecule is CC1=CC2=C(C[C@H]1C)C(=O)CC2. The van der Waals surface area contributed by atoms with Gasteiger partial charge in [0.25, 0.3) is 0 Å². The zero-order chi connectivity index (χ0) is 8.72. The maximum atomic E-state index is 11.4. The molecule has 12 heavy (non-hydrogen) atoms. The Bertz CT molecular complexity index is 294. The summed E-state index contributed by atoms with van der Waals surface area (Å²) in [6.07, 6.45) is 4.93. The van der Waals surface area contributed by atoms with Gasteiger partial charge in [0.05, 0.1) is 0 Å². The van der Waals surface area contributed by atoms with Gasteiger partial charge in [-0.25, -0.2) is 0 Å². The molecule has 0 aromatic carbocycles. The molecule has 1 atom stereocenters. The molecule has 0 amide bonds. The van der Waals surface area contributed by atoms with Crippen molar-refractivity contribution in [2.45, 2.75) is 33.1 Å². The van der Waals surface area contributed by atoms with E-state index in [1.807, 2.05) is 0 Å². The van der Waals surface area contributed by atoms with Crippen LogP contribution in [0.4, 0.5) is 0 Å². The minimum absolute atomic E-state index is 0.389. The van der Waals surface area contributed by atoms with Gasteiger partial charge in [-0.05, 0) is 36.8 Å². The lowest BCUT2D eigenvalue weighted by atomic mass is 9.86. The fraction of sp³-hybridized carbons (Fsp3) is 0.545. The van der Waals surface area contributed by atoms with Gasteiger partial charge in [-0.3, -0.25) is 4.79 Å². The minimum Gasteiger partial charge on any atom is -0.295 e. The molecule has 0 saturated heterocycles. The summed E-state index contributed by atoms with van der Waals surface area (Å²) in [5.41, 5.74) is 3.87. The Kier molecular flexibility index (Phi) is 1.67. The normalized spacial score (nSPS) is 29.0. The van der Waals surface area contributed by atoms with Gasteiger partial charge in [0, 0.05) is 6.42 Å². The lowest BCUT2D eigenvalue weighted by molar-refractivity contribution is -0.115. The highest BCUT2D eigenvalue weighted by Crippen LogP contribution is 2.36.